The molecule has 1 atom stereocenters. The van der Waals surface area contributed by atoms with Gasteiger partial charge >= 0.3 is 6.09 Å². The molecule has 2 heterocycles. The second-order valence-corrected chi connectivity index (χ2v) is 8.79. The van der Waals surface area contributed by atoms with E-state index in [1.165, 1.54) is 16.2 Å². The third kappa shape index (κ3) is 3.67. The van der Waals surface area contributed by atoms with E-state index >= 15 is 0 Å². The number of benzene rings is 2. The normalized spacial score (nSPS) is 13.3. The molecular formula is C25H26N2O4S. The van der Waals surface area contributed by atoms with Gasteiger partial charge in [-0.1, -0.05) is 42.5 Å². The Balaban J connectivity index is 2.07. The Morgan fingerprint density at radius 1 is 1.19 bits per heavy atom. The van der Waals surface area contributed by atoms with Crippen molar-refractivity contribution in [1.82, 2.24) is 9.88 Å². The molecule has 4 aromatic rings. The van der Waals surface area contributed by atoms with Crippen LogP contribution < -0.4 is 5.56 Å². The average Bonchev–Trinajstić information content (AvgIpc) is 3.29. The van der Waals surface area contributed by atoms with Crippen molar-refractivity contribution in [2.24, 2.45) is 0 Å². The average molecular weight is 451 g/mol. The number of thiophene rings is 1. The molecule has 2 N–H and O–H groups in total. The molecule has 2 aromatic carbocycles. The second-order valence-electron chi connectivity index (χ2n) is 7.88. The van der Waals surface area contributed by atoms with Gasteiger partial charge in [0.15, 0.2) is 0 Å². The molecule has 7 heteroatoms. The summed E-state index contributed by atoms with van der Waals surface area (Å²) in [5.41, 5.74) is 2.62. The molecule has 0 fully saturated rings. The molecule has 1 amide bonds. The van der Waals surface area contributed by atoms with Crippen LogP contribution in [-0.2, 0) is 10.3 Å². The van der Waals surface area contributed by atoms with Gasteiger partial charge < -0.3 is 19.7 Å². The minimum Gasteiger partial charge on any atom is -0.465 e. The van der Waals surface area contributed by atoms with Crippen LogP contribution in [0.1, 0.15) is 30.0 Å². The first kappa shape index (κ1) is 22.0. The molecular weight excluding hydrogens is 424 g/mol. The van der Waals surface area contributed by atoms with Crippen molar-refractivity contribution >= 4 is 38.4 Å². The van der Waals surface area contributed by atoms with Crippen LogP contribution in [0.3, 0.4) is 0 Å². The van der Waals surface area contributed by atoms with Crippen molar-refractivity contribution in [3.8, 4) is 0 Å². The lowest BCUT2D eigenvalue weighted by Crippen LogP contribution is -2.37. The highest BCUT2D eigenvalue weighted by molar-refractivity contribution is 7.17. The van der Waals surface area contributed by atoms with Crippen LogP contribution in [0.4, 0.5) is 4.79 Å². The van der Waals surface area contributed by atoms with Crippen molar-refractivity contribution in [3.05, 3.63) is 81.0 Å². The summed E-state index contributed by atoms with van der Waals surface area (Å²) in [7, 11) is 1.56. The van der Waals surface area contributed by atoms with Crippen molar-refractivity contribution in [2.75, 3.05) is 20.2 Å². The molecule has 0 aliphatic heterocycles. The van der Waals surface area contributed by atoms with Crippen molar-refractivity contribution in [3.63, 3.8) is 0 Å². The van der Waals surface area contributed by atoms with E-state index in [9.17, 15) is 14.7 Å². The van der Waals surface area contributed by atoms with E-state index in [0.29, 0.717) is 17.7 Å². The number of aromatic nitrogens is 1. The van der Waals surface area contributed by atoms with E-state index in [-0.39, 0.29) is 12.1 Å². The number of H-pyrrole nitrogens is 1. The lowest BCUT2D eigenvalue weighted by Gasteiger charge is -2.37. The number of pyridine rings is 1. The number of fused-ring (bicyclic) bond motifs is 3. The Bertz CT molecular complexity index is 1330. The second kappa shape index (κ2) is 8.76. The highest BCUT2D eigenvalue weighted by Crippen LogP contribution is 2.43. The van der Waals surface area contributed by atoms with Gasteiger partial charge in [0.05, 0.1) is 5.52 Å². The summed E-state index contributed by atoms with van der Waals surface area (Å²) in [6.07, 6.45) is -0.557. The van der Waals surface area contributed by atoms with Crippen LogP contribution in [0.15, 0.2) is 58.7 Å². The summed E-state index contributed by atoms with van der Waals surface area (Å²) >= 11 is 1.41. The van der Waals surface area contributed by atoms with Gasteiger partial charge in [-0.2, -0.15) is 0 Å². The Morgan fingerprint density at radius 2 is 1.94 bits per heavy atom. The van der Waals surface area contributed by atoms with Crippen LogP contribution in [-0.4, -0.2) is 41.3 Å². The number of nitrogens with one attached hydrogen (secondary N) is 1. The molecule has 166 valence electrons. The molecule has 4 rings (SSSR count). The third-order valence-electron chi connectivity index (χ3n) is 5.98. The van der Waals surface area contributed by atoms with E-state index in [1.54, 1.807) is 7.05 Å². The molecule has 0 aliphatic rings. The maximum Gasteiger partial charge on any atom is 0.407 e. The first-order valence-electron chi connectivity index (χ1n) is 10.6. The molecule has 1 unspecified atom stereocenters. The number of carbonyl (C=O) groups is 1. The van der Waals surface area contributed by atoms with Gasteiger partial charge in [0.25, 0.3) is 5.56 Å². The smallest absolute Gasteiger partial charge is 0.407 e. The van der Waals surface area contributed by atoms with E-state index in [1.807, 2.05) is 61.7 Å². The summed E-state index contributed by atoms with van der Waals surface area (Å²) in [6.45, 7) is 4.65. The number of nitrogens with zero attached hydrogens (tertiary/aromatic N) is 1. The number of aromatic amines is 1. The number of aryl methyl sites for hydroxylation is 1. The van der Waals surface area contributed by atoms with Crippen LogP contribution in [0.25, 0.3) is 21.0 Å². The van der Waals surface area contributed by atoms with Gasteiger partial charge in [-0.25, -0.2) is 4.79 Å². The number of hydrogen-bond acceptors (Lipinski definition) is 4. The Morgan fingerprint density at radius 3 is 2.62 bits per heavy atom. The summed E-state index contributed by atoms with van der Waals surface area (Å²) in [4.78, 5) is 28.6. The molecule has 0 bridgehead atoms. The van der Waals surface area contributed by atoms with Gasteiger partial charge in [0.2, 0.25) is 0 Å². The molecule has 2 aromatic heterocycles. The summed E-state index contributed by atoms with van der Waals surface area (Å²) in [5.74, 6) is 0. The van der Waals surface area contributed by atoms with E-state index in [2.05, 4.69) is 11.1 Å². The van der Waals surface area contributed by atoms with E-state index in [4.69, 9.17) is 4.74 Å². The predicted molar refractivity (Wildman–Crippen MR) is 129 cm³/mol. The minimum atomic E-state index is -0.984. The lowest BCUT2D eigenvalue weighted by atomic mass is 9.80. The fourth-order valence-corrected chi connectivity index (χ4v) is 5.17. The van der Waals surface area contributed by atoms with Crippen LogP contribution in [0.5, 0.6) is 0 Å². The van der Waals surface area contributed by atoms with Gasteiger partial charge in [0, 0.05) is 37.4 Å². The zero-order chi connectivity index (χ0) is 22.9. The molecule has 0 saturated heterocycles. The Hall–Kier alpha value is -3.16. The largest absolute Gasteiger partial charge is 0.465 e. The Kier molecular flexibility index (Phi) is 6.04. The highest BCUT2D eigenvalue weighted by atomic mass is 32.1. The zero-order valence-electron chi connectivity index (χ0n) is 18.3. The molecule has 0 spiro atoms. The summed E-state index contributed by atoms with van der Waals surface area (Å²) < 4.78 is 7.20. The van der Waals surface area contributed by atoms with Crippen molar-refractivity contribution in [2.45, 2.75) is 25.9 Å². The molecule has 0 radical (unpaired) electrons. The number of carboxylic acid groups (broad SMARTS) is 1. The van der Waals surface area contributed by atoms with E-state index < -0.39 is 11.7 Å². The topological polar surface area (TPSA) is 82.6 Å². The zero-order valence-corrected chi connectivity index (χ0v) is 19.2. The van der Waals surface area contributed by atoms with Gasteiger partial charge in [-0.15, -0.1) is 11.3 Å². The number of amides is 1. The molecule has 32 heavy (non-hydrogen) atoms. The fraction of sp³-hybridized carbons (Fsp3) is 0.280. The third-order valence-corrected chi connectivity index (χ3v) is 6.90. The van der Waals surface area contributed by atoms with Crippen LogP contribution in [0, 0.1) is 6.92 Å². The molecule has 0 aliphatic carbocycles. The fourth-order valence-electron chi connectivity index (χ4n) is 4.38. The van der Waals surface area contributed by atoms with E-state index in [0.717, 1.165) is 33.0 Å². The monoisotopic (exact) mass is 450 g/mol. The summed E-state index contributed by atoms with van der Waals surface area (Å²) in [5, 5.41) is 13.2. The van der Waals surface area contributed by atoms with Crippen molar-refractivity contribution < 1.29 is 14.6 Å². The first-order chi connectivity index (χ1) is 15.4. The minimum absolute atomic E-state index is 0.102. The first-order valence-corrected chi connectivity index (χ1v) is 11.4. The molecule has 0 saturated carbocycles. The predicted octanol–water partition coefficient (Wildman–Crippen LogP) is 5.33. The van der Waals surface area contributed by atoms with Crippen LogP contribution in [0.2, 0.25) is 0 Å². The maximum absolute atomic E-state index is 12.7. The number of ether oxygens (including phenoxy) is 1. The lowest BCUT2D eigenvalue weighted by molar-refractivity contribution is -0.0206. The van der Waals surface area contributed by atoms with Gasteiger partial charge in [0.1, 0.15) is 10.3 Å². The summed E-state index contributed by atoms with van der Waals surface area (Å²) in [6, 6.07) is 15.9. The standard InChI is InChI=1S/C25H26N2O4S/c1-4-31-25(13-14-27(3)24(29)30,17-8-6-5-7-9-17)19-11-10-16(2)21-20(19)18-12-15-32-22(18)23(28)26-21/h5-12,15H,4,13-14H2,1-3H3,(H,26,28)(H,29,30). The van der Waals surface area contributed by atoms with Crippen LogP contribution >= 0.6 is 11.3 Å². The highest BCUT2D eigenvalue weighted by Gasteiger charge is 2.38. The van der Waals surface area contributed by atoms with Crippen molar-refractivity contribution in [1.29, 1.82) is 0 Å². The number of hydrogen-bond donors (Lipinski definition) is 2. The number of rotatable bonds is 7. The Labute approximate surface area is 190 Å². The quantitative estimate of drug-likeness (QED) is 0.399. The van der Waals surface area contributed by atoms with Gasteiger partial charge in [-0.05, 0) is 42.0 Å². The van der Waals surface area contributed by atoms with Gasteiger partial charge in [-0.3, -0.25) is 4.79 Å². The SMILES string of the molecule is CCOC(CCN(C)C(=O)O)(c1ccccc1)c1ccc(C)c2[nH]c(=O)c3sccc3c12. The molecule has 6 nitrogen and oxygen atoms in total. The maximum atomic E-state index is 12.7.